The van der Waals surface area contributed by atoms with Crippen LogP contribution in [0.1, 0.15) is 10.8 Å². The second-order valence-corrected chi connectivity index (χ2v) is 4.42. The summed E-state index contributed by atoms with van der Waals surface area (Å²) in [6, 6.07) is 10.3. The third-order valence-electron chi connectivity index (χ3n) is 2.35. The third kappa shape index (κ3) is 1.66. The lowest BCUT2D eigenvalue weighted by Gasteiger charge is -2.07. The summed E-state index contributed by atoms with van der Waals surface area (Å²) in [5.41, 5.74) is 5.58. The van der Waals surface area contributed by atoms with Crippen LogP contribution in [0.3, 0.4) is 0 Å². The molecule has 0 amide bonds. The van der Waals surface area contributed by atoms with E-state index in [-0.39, 0.29) is 12.5 Å². The van der Waals surface area contributed by atoms with E-state index in [1.807, 2.05) is 12.1 Å². The minimum Gasteiger partial charge on any atom is -0.396 e. The standard InChI is InChI=1S/C11H13NOS/c12-6-9(7-13)11-5-8-3-1-2-4-10(8)14-11/h1-5,9,13H,6-7,12H2. The Morgan fingerprint density at radius 3 is 2.79 bits per heavy atom. The minimum absolute atomic E-state index is 0.0902. The van der Waals surface area contributed by atoms with Gasteiger partial charge in [0.05, 0.1) is 6.61 Å². The molecule has 1 aromatic carbocycles. The summed E-state index contributed by atoms with van der Waals surface area (Å²) in [4.78, 5) is 1.18. The van der Waals surface area contributed by atoms with Crippen LogP contribution < -0.4 is 5.73 Å². The fraction of sp³-hybridized carbons (Fsp3) is 0.273. The van der Waals surface area contributed by atoms with E-state index in [2.05, 4.69) is 18.2 Å². The Bertz CT molecular complexity index is 387. The summed E-state index contributed by atoms with van der Waals surface area (Å²) >= 11 is 1.71. The van der Waals surface area contributed by atoms with Crippen molar-refractivity contribution in [2.75, 3.05) is 13.2 Å². The van der Waals surface area contributed by atoms with E-state index in [0.29, 0.717) is 6.54 Å². The topological polar surface area (TPSA) is 46.2 Å². The Balaban J connectivity index is 2.43. The van der Waals surface area contributed by atoms with Gasteiger partial charge in [0.1, 0.15) is 0 Å². The fourth-order valence-electron chi connectivity index (χ4n) is 1.48. The predicted molar refractivity (Wildman–Crippen MR) is 60.7 cm³/mol. The Morgan fingerprint density at radius 2 is 2.14 bits per heavy atom. The molecule has 2 aromatic rings. The first-order valence-electron chi connectivity index (χ1n) is 4.64. The summed E-state index contributed by atoms with van der Waals surface area (Å²) in [6.07, 6.45) is 0. The second-order valence-electron chi connectivity index (χ2n) is 3.30. The lowest BCUT2D eigenvalue weighted by Crippen LogP contribution is -2.14. The second kappa shape index (κ2) is 4.09. The van der Waals surface area contributed by atoms with Crippen molar-refractivity contribution in [3.8, 4) is 0 Å². The van der Waals surface area contributed by atoms with Gasteiger partial charge < -0.3 is 10.8 Å². The molecule has 0 fully saturated rings. The molecule has 0 aliphatic carbocycles. The fourth-order valence-corrected chi connectivity index (χ4v) is 2.65. The first-order chi connectivity index (χ1) is 6.85. The summed E-state index contributed by atoms with van der Waals surface area (Å²) in [5, 5.41) is 10.4. The summed E-state index contributed by atoms with van der Waals surface area (Å²) in [7, 11) is 0. The molecular formula is C11H13NOS. The molecule has 14 heavy (non-hydrogen) atoms. The zero-order chi connectivity index (χ0) is 9.97. The van der Waals surface area contributed by atoms with Crippen molar-refractivity contribution in [1.29, 1.82) is 0 Å². The van der Waals surface area contributed by atoms with Crippen LogP contribution in [0.2, 0.25) is 0 Å². The number of aliphatic hydroxyl groups excluding tert-OH is 1. The normalized spacial score (nSPS) is 13.3. The predicted octanol–water partition coefficient (Wildman–Crippen LogP) is 1.94. The van der Waals surface area contributed by atoms with Crippen molar-refractivity contribution in [1.82, 2.24) is 0 Å². The van der Waals surface area contributed by atoms with Gasteiger partial charge in [-0.05, 0) is 17.5 Å². The molecule has 3 N–H and O–H groups in total. The molecule has 0 saturated carbocycles. The number of hydrogen-bond donors (Lipinski definition) is 2. The number of nitrogens with two attached hydrogens (primary N) is 1. The molecule has 0 aliphatic rings. The maximum absolute atomic E-state index is 9.13. The van der Waals surface area contributed by atoms with Crippen LogP contribution in [0.4, 0.5) is 0 Å². The van der Waals surface area contributed by atoms with Crippen molar-refractivity contribution in [3.63, 3.8) is 0 Å². The quantitative estimate of drug-likeness (QED) is 0.808. The number of fused-ring (bicyclic) bond motifs is 1. The molecule has 0 aliphatic heterocycles. The Hall–Kier alpha value is -0.900. The van der Waals surface area contributed by atoms with Gasteiger partial charge in [0.2, 0.25) is 0 Å². The maximum Gasteiger partial charge on any atom is 0.0519 e. The summed E-state index contributed by atoms with van der Waals surface area (Å²) in [6.45, 7) is 0.632. The van der Waals surface area contributed by atoms with E-state index in [1.165, 1.54) is 15.0 Å². The van der Waals surface area contributed by atoms with Gasteiger partial charge in [0, 0.05) is 22.0 Å². The van der Waals surface area contributed by atoms with E-state index in [4.69, 9.17) is 10.8 Å². The van der Waals surface area contributed by atoms with Crippen molar-refractivity contribution < 1.29 is 5.11 Å². The molecule has 1 aromatic heterocycles. The van der Waals surface area contributed by atoms with Gasteiger partial charge in [0.15, 0.2) is 0 Å². The van der Waals surface area contributed by atoms with Crippen LogP contribution in [0, 0.1) is 0 Å². The molecule has 0 spiro atoms. The van der Waals surface area contributed by atoms with Crippen LogP contribution in [0.5, 0.6) is 0 Å². The van der Waals surface area contributed by atoms with E-state index in [9.17, 15) is 0 Å². The van der Waals surface area contributed by atoms with Crippen LogP contribution in [-0.2, 0) is 0 Å². The van der Waals surface area contributed by atoms with E-state index in [0.717, 1.165) is 0 Å². The number of thiophene rings is 1. The number of aliphatic hydroxyl groups is 1. The molecular weight excluding hydrogens is 194 g/mol. The highest BCUT2D eigenvalue weighted by Gasteiger charge is 2.11. The highest BCUT2D eigenvalue weighted by Crippen LogP contribution is 2.30. The Labute approximate surface area is 87.0 Å². The highest BCUT2D eigenvalue weighted by atomic mass is 32.1. The van der Waals surface area contributed by atoms with Gasteiger partial charge in [-0.1, -0.05) is 18.2 Å². The van der Waals surface area contributed by atoms with Crippen molar-refractivity contribution in [2.45, 2.75) is 5.92 Å². The van der Waals surface area contributed by atoms with Crippen molar-refractivity contribution in [3.05, 3.63) is 35.2 Å². The van der Waals surface area contributed by atoms with Crippen LogP contribution >= 0.6 is 11.3 Å². The average molecular weight is 207 g/mol. The molecule has 74 valence electrons. The monoisotopic (exact) mass is 207 g/mol. The molecule has 0 radical (unpaired) electrons. The van der Waals surface area contributed by atoms with Gasteiger partial charge in [0.25, 0.3) is 0 Å². The average Bonchev–Trinajstić information content (AvgIpc) is 2.63. The molecule has 1 heterocycles. The van der Waals surface area contributed by atoms with E-state index in [1.54, 1.807) is 11.3 Å². The SMILES string of the molecule is NCC(CO)c1cc2ccccc2s1. The lowest BCUT2D eigenvalue weighted by molar-refractivity contribution is 0.269. The molecule has 1 atom stereocenters. The first-order valence-corrected chi connectivity index (χ1v) is 5.46. The first kappa shape index (κ1) is 9.65. The van der Waals surface area contributed by atoms with Gasteiger partial charge in [-0.2, -0.15) is 0 Å². The molecule has 2 nitrogen and oxygen atoms in total. The van der Waals surface area contributed by atoms with Gasteiger partial charge >= 0.3 is 0 Å². The maximum atomic E-state index is 9.13. The van der Waals surface area contributed by atoms with Gasteiger partial charge in [-0.15, -0.1) is 11.3 Å². The molecule has 2 rings (SSSR count). The Kier molecular flexibility index (Phi) is 2.82. The van der Waals surface area contributed by atoms with Crippen LogP contribution in [-0.4, -0.2) is 18.3 Å². The van der Waals surface area contributed by atoms with Crippen LogP contribution in [0.25, 0.3) is 10.1 Å². The smallest absolute Gasteiger partial charge is 0.0519 e. The minimum atomic E-state index is 0.0902. The highest BCUT2D eigenvalue weighted by molar-refractivity contribution is 7.19. The molecule has 0 saturated heterocycles. The largest absolute Gasteiger partial charge is 0.396 e. The van der Waals surface area contributed by atoms with Gasteiger partial charge in [-0.3, -0.25) is 0 Å². The van der Waals surface area contributed by atoms with E-state index >= 15 is 0 Å². The van der Waals surface area contributed by atoms with Crippen LogP contribution in [0.15, 0.2) is 30.3 Å². The van der Waals surface area contributed by atoms with Crippen molar-refractivity contribution >= 4 is 21.4 Å². The Morgan fingerprint density at radius 1 is 1.36 bits per heavy atom. The third-order valence-corrected chi connectivity index (χ3v) is 3.63. The molecule has 1 unspecified atom stereocenters. The molecule has 0 bridgehead atoms. The summed E-state index contributed by atoms with van der Waals surface area (Å²) < 4.78 is 1.26. The lowest BCUT2D eigenvalue weighted by atomic mass is 10.1. The number of rotatable bonds is 3. The number of hydrogen-bond acceptors (Lipinski definition) is 3. The number of benzene rings is 1. The van der Waals surface area contributed by atoms with Gasteiger partial charge in [-0.25, -0.2) is 0 Å². The zero-order valence-electron chi connectivity index (χ0n) is 7.81. The zero-order valence-corrected chi connectivity index (χ0v) is 8.63. The van der Waals surface area contributed by atoms with E-state index < -0.39 is 0 Å². The summed E-state index contributed by atoms with van der Waals surface area (Å²) in [5.74, 6) is 0.0902. The van der Waals surface area contributed by atoms with Crippen molar-refractivity contribution in [2.24, 2.45) is 5.73 Å². The molecule has 3 heteroatoms.